The zero-order valence-corrected chi connectivity index (χ0v) is 12.2. The van der Waals surface area contributed by atoms with Crippen molar-refractivity contribution in [3.8, 4) is 0 Å². The number of rotatable bonds is 3. The first-order valence-corrected chi connectivity index (χ1v) is 7.40. The van der Waals surface area contributed by atoms with E-state index in [9.17, 15) is 0 Å². The summed E-state index contributed by atoms with van der Waals surface area (Å²) in [6.07, 6.45) is 2.46. The van der Waals surface area contributed by atoms with Gasteiger partial charge < -0.3 is 10.6 Å². The number of aromatic nitrogens is 1. The van der Waals surface area contributed by atoms with Gasteiger partial charge in [-0.1, -0.05) is 32.1 Å². The predicted molar refractivity (Wildman–Crippen MR) is 77.8 cm³/mol. The average molecular weight is 266 g/mol. The van der Waals surface area contributed by atoms with Gasteiger partial charge >= 0.3 is 0 Å². The maximum absolute atomic E-state index is 7.66. The van der Waals surface area contributed by atoms with Crippen LogP contribution in [0.3, 0.4) is 0 Å². The minimum Gasteiger partial charge on any atom is -0.383 e. The molecule has 2 rings (SSSR count). The molecule has 3 N–H and O–H groups in total. The van der Waals surface area contributed by atoms with Crippen LogP contribution in [-0.2, 0) is 0 Å². The third-order valence-corrected chi connectivity index (χ3v) is 4.65. The van der Waals surface area contributed by atoms with Gasteiger partial charge in [0.25, 0.3) is 0 Å². The van der Waals surface area contributed by atoms with E-state index >= 15 is 0 Å². The van der Waals surface area contributed by atoms with Gasteiger partial charge in [0.1, 0.15) is 5.84 Å². The van der Waals surface area contributed by atoms with Crippen LogP contribution in [0.25, 0.3) is 0 Å². The van der Waals surface area contributed by atoms with Crippen LogP contribution in [0.15, 0.2) is 0 Å². The Morgan fingerprint density at radius 2 is 2.06 bits per heavy atom. The van der Waals surface area contributed by atoms with Gasteiger partial charge in [-0.15, -0.1) is 0 Å². The van der Waals surface area contributed by atoms with E-state index in [1.165, 1.54) is 12.8 Å². The minimum atomic E-state index is 0.146. The molecule has 1 aliphatic heterocycles. The molecule has 0 spiro atoms. The second kappa shape index (κ2) is 5.26. The Kier molecular flexibility index (Phi) is 3.90. The molecule has 0 aromatic carbocycles. The van der Waals surface area contributed by atoms with E-state index in [0.29, 0.717) is 5.92 Å². The molecule has 1 aromatic rings. The topological polar surface area (TPSA) is 66.0 Å². The van der Waals surface area contributed by atoms with E-state index in [4.69, 9.17) is 16.1 Å². The normalized spacial score (nSPS) is 17.4. The maximum Gasteiger partial charge on any atom is 0.186 e. The van der Waals surface area contributed by atoms with E-state index in [0.717, 1.165) is 34.7 Å². The summed E-state index contributed by atoms with van der Waals surface area (Å²) in [5.41, 5.74) is 6.63. The summed E-state index contributed by atoms with van der Waals surface area (Å²) >= 11 is 1.57. The molecule has 18 heavy (non-hydrogen) atoms. The predicted octanol–water partition coefficient (Wildman–Crippen LogP) is 2.79. The Morgan fingerprint density at radius 3 is 2.50 bits per heavy atom. The van der Waals surface area contributed by atoms with Crippen molar-refractivity contribution in [3.05, 3.63) is 10.6 Å². The van der Waals surface area contributed by atoms with E-state index < -0.39 is 0 Å². The van der Waals surface area contributed by atoms with Crippen LogP contribution in [0.1, 0.15) is 50.1 Å². The lowest BCUT2D eigenvalue weighted by molar-refractivity contribution is 0.438. The number of piperidine rings is 1. The number of thiazole rings is 1. The number of nitrogens with zero attached hydrogens (tertiary/aromatic N) is 2. The van der Waals surface area contributed by atoms with E-state index in [-0.39, 0.29) is 5.84 Å². The van der Waals surface area contributed by atoms with Crippen molar-refractivity contribution in [2.24, 2.45) is 11.7 Å². The van der Waals surface area contributed by atoms with Crippen LogP contribution in [0.2, 0.25) is 0 Å². The Hall–Kier alpha value is -1.10. The lowest BCUT2D eigenvalue weighted by Gasteiger charge is -2.29. The second-order valence-corrected chi connectivity index (χ2v) is 6.43. The molecule has 4 nitrogen and oxygen atoms in total. The molecule has 0 aliphatic carbocycles. The molecule has 100 valence electrons. The largest absolute Gasteiger partial charge is 0.383 e. The van der Waals surface area contributed by atoms with Crippen molar-refractivity contribution in [1.82, 2.24) is 4.98 Å². The van der Waals surface area contributed by atoms with Crippen LogP contribution < -0.4 is 10.6 Å². The highest BCUT2D eigenvalue weighted by molar-refractivity contribution is 7.17. The zero-order valence-electron chi connectivity index (χ0n) is 11.4. The van der Waals surface area contributed by atoms with Gasteiger partial charge in [0.2, 0.25) is 0 Å². The number of nitrogens with one attached hydrogen (secondary N) is 1. The number of nitrogens with two attached hydrogens (primary N) is 1. The summed E-state index contributed by atoms with van der Waals surface area (Å²) in [5, 5.41) is 8.70. The SMILES string of the molecule is CC1CCN(c2nc(C(C)C)c(C(=N)N)s2)CC1. The molecule has 1 aliphatic rings. The first kappa shape index (κ1) is 13.3. The fraction of sp³-hybridized carbons (Fsp3) is 0.692. The van der Waals surface area contributed by atoms with Crippen LogP contribution in [-0.4, -0.2) is 23.9 Å². The Morgan fingerprint density at radius 1 is 1.44 bits per heavy atom. The number of hydrogen-bond acceptors (Lipinski definition) is 4. The molecular weight excluding hydrogens is 244 g/mol. The molecule has 0 saturated carbocycles. The van der Waals surface area contributed by atoms with Crippen LogP contribution >= 0.6 is 11.3 Å². The van der Waals surface area contributed by atoms with Crippen LogP contribution in [0, 0.1) is 11.3 Å². The molecule has 0 unspecified atom stereocenters. The first-order chi connectivity index (χ1) is 8.49. The third-order valence-electron chi connectivity index (χ3n) is 3.49. The van der Waals surface area contributed by atoms with Gasteiger partial charge in [-0.25, -0.2) is 4.98 Å². The van der Waals surface area contributed by atoms with E-state index in [1.54, 1.807) is 11.3 Å². The molecule has 0 amide bonds. The van der Waals surface area contributed by atoms with Crippen molar-refractivity contribution < 1.29 is 0 Å². The molecule has 0 radical (unpaired) electrons. The molecule has 1 aromatic heterocycles. The van der Waals surface area contributed by atoms with Gasteiger partial charge in [-0.05, 0) is 24.7 Å². The summed E-state index contributed by atoms with van der Waals surface area (Å²) in [5.74, 6) is 1.28. The lowest BCUT2D eigenvalue weighted by atomic mass is 10.00. The van der Waals surface area contributed by atoms with Crippen LogP contribution in [0.5, 0.6) is 0 Å². The molecule has 0 bridgehead atoms. The third kappa shape index (κ3) is 2.66. The summed E-state index contributed by atoms with van der Waals surface area (Å²) in [4.78, 5) is 7.89. The van der Waals surface area contributed by atoms with Crippen molar-refractivity contribution in [2.45, 2.75) is 39.5 Å². The maximum atomic E-state index is 7.66. The van der Waals surface area contributed by atoms with Crippen molar-refractivity contribution in [1.29, 1.82) is 5.41 Å². The van der Waals surface area contributed by atoms with Gasteiger partial charge in [0, 0.05) is 13.1 Å². The van der Waals surface area contributed by atoms with Gasteiger partial charge in [0.15, 0.2) is 5.13 Å². The minimum absolute atomic E-state index is 0.146. The molecule has 5 heteroatoms. The molecule has 1 fully saturated rings. The molecule has 1 saturated heterocycles. The second-order valence-electron chi connectivity index (χ2n) is 5.45. The molecule has 2 heterocycles. The average Bonchev–Trinajstić information content (AvgIpc) is 2.75. The Bertz CT molecular complexity index is 430. The van der Waals surface area contributed by atoms with Crippen molar-refractivity contribution in [3.63, 3.8) is 0 Å². The summed E-state index contributed by atoms with van der Waals surface area (Å²) in [6, 6.07) is 0. The quantitative estimate of drug-likeness (QED) is 0.653. The van der Waals surface area contributed by atoms with E-state index in [1.807, 2.05) is 0 Å². The summed E-state index contributed by atoms with van der Waals surface area (Å²) in [7, 11) is 0. The monoisotopic (exact) mass is 266 g/mol. The molecule has 0 atom stereocenters. The zero-order chi connectivity index (χ0) is 13.3. The van der Waals surface area contributed by atoms with Gasteiger partial charge in [-0.3, -0.25) is 5.41 Å². The molecular formula is C13H22N4S. The highest BCUT2D eigenvalue weighted by atomic mass is 32.1. The van der Waals surface area contributed by atoms with Gasteiger partial charge in [-0.2, -0.15) is 0 Å². The highest BCUT2D eigenvalue weighted by Crippen LogP contribution is 2.32. The Balaban J connectivity index is 2.24. The first-order valence-electron chi connectivity index (χ1n) is 6.59. The number of nitrogen functional groups attached to an aromatic ring is 1. The fourth-order valence-corrected chi connectivity index (χ4v) is 3.37. The van der Waals surface area contributed by atoms with Crippen molar-refractivity contribution in [2.75, 3.05) is 18.0 Å². The summed E-state index contributed by atoms with van der Waals surface area (Å²) < 4.78 is 0. The number of hydrogen-bond donors (Lipinski definition) is 2. The standard InChI is InChI=1S/C13H22N4S/c1-8(2)10-11(12(14)15)18-13(16-10)17-6-4-9(3)5-7-17/h8-9H,4-7H2,1-3H3,(H3,14,15). The van der Waals surface area contributed by atoms with E-state index in [2.05, 4.69) is 25.7 Å². The Labute approximate surface area is 113 Å². The van der Waals surface area contributed by atoms with Crippen LogP contribution in [0.4, 0.5) is 5.13 Å². The van der Waals surface area contributed by atoms with Gasteiger partial charge in [0.05, 0.1) is 10.6 Å². The smallest absolute Gasteiger partial charge is 0.186 e. The lowest BCUT2D eigenvalue weighted by Crippen LogP contribution is -2.32. The number of amidine groups is 1. The number of anilines is 1. The highest BCUT2D eigenvalue weighted by Gasteiger charge is 2.22. The van der Waals surface area contributed by atoms with Crippen molar-refractivity contribution >= 4 is 22.3 Å². The summed E-state index contributed by atoms with van der Waals surface area (Å²) in [6.45, 7) is 8.65. The fourth-order valence-electron chi connectivity index (χ4n) is 2.24.